The van der Waals surface area contributed by atoms with Gasteiger partial charge in [0, 0.05) is 19.3 Å². The molecule has 94 valence electrons. The first kappa shape index (κ1) is 12.4. The predicted molar refractivity (Wildman–Crippen MR) is 69.3 cm³/mol. The van der Waals surface area contributed by atoms with Gasteiger partial charge in [-0.2, -0.15) is 0 Å². The Morgan fingerprint density at radius 1 is 1.35 bits per heavy atom. The van der Waals surface area contributed by atoms with Crippen LogP contribution in [0.4, 0.5) is 5.69 Å². The molecule has 2 unspecified atom stereocenters. The van der Waals surface area contributed by atoms with E-state index in [-0.39, 0.29) is 6.10 Å². The summed E-state index contributed by atoms with van der Waals surface area (Å²) in [6.45, 7) is 4.76. The van der Waals surface area contributed by atoms with Crippen molar-refractivity contribution in [3.8, 4) is 0 Å². The SMILES string of the molecule is CC1OCCC1N(C)c1ccc([C@@H](C)O)cc1. The predicted octanol–water partition coefficient (Wildman–Crippen LogP) is 2.35. The van der Waals surface area contributed by atoms with Gasteiger partial charge in [-0.1, -0.05) is 12.1 Å². The molecule has 0 spiro atoms. The van der Waals surface area contributed by atoms with E-state index in [4.69, 9.17) is 4.74 Å². The number of aliphatic hydroxyl groups excluding tert-OH is 1. The van der Waals surface area contributed by atoms with Crippen LogP contribution in [-0.2, 0) is 4.74 Å². The Morgan fingerprint density at radius 2 is 2.00 bits per heavy atom. The summed E-state index contributed by atoms with van der Waals surface area (Å²) in [7, 11) is 2.10. The van der Waals surface area contributed by atoms with Crippen LogP contribution in [0.5, 0.6) is 0 Å². The van der Waals surface area contributed by atoms with Gasteiger partial charge in [0.1, 0.15) is 0 Å². The lowest BCUT2D eigenvalue weighted by molar-refractivity contribution is 0.118. The van der Waals surface area contributed by atoms with Gasteiger partial charge in [-0.15, -0.1) is 0 Å². The molecule has 17 heavy (non-hydrogen) atoms. The monoisotopic (exact) mass is 235 g/mol. The molecular formula is C14H21NO2. The summed E-state index contributed by atoms with van der Waals surface area (Å²) < 4.78 is 5.59. The molecule has 1 N–H and O–H groups in total. The standard InChI is InChI=1S/C14H21NO2/c1-10(16)12-4-6-13(7-5-12)15(3)14-8-9-17-11(14)2/h4-7,10-11,14,16H,8-9H2,1-3H3/t10-,11?,14?/m1/s1. The maximum absolute atomic E-state index is 9.47. The Labute approximate surface area is 103 Å². The minimum absolute atomic E-state index is 0.288. The molecule has 1 saturated heterocycles. The minimum Gasteiger partial charge on any atom is -0.389 e. The van der Waals surface area contributed by atoms with Gasteiger partial charge < -0.3 is 14.7 Å². The number of hydrogen-bond donors (Lipinski definition) is 1. The Morgan fingerprint density at radius 3 is 2.47 bits per heavy atom. The second-order valence-electron chi connectivity index (χ2n) is 4.81. The quantitative estimate of drug-likeness (QED) is 0.873. The van der Waals surface area contributed by atoms with Crippen molar-refractivity contribution in [2.24, 2.45) is 0 Å². The van der Waals surface area contributed by atoms with E-state index in [9.17, 15) is 5.11 Å². The van der Waals surface area contributed by atoms with E-state index in [0.29, 0.717) is 6.04 Å². The average Bonchev–Trinajstić information content (AvgIpc) is 2.74. The van der Waals surface area contributed by atoms with Crippen LogP contribution in [-0.4, -0.2) is 30.9 Å². The second kappa shape index (κ2) is 5.07. The Bertz CT molecular complexity index is 361. The van der Waals surface area contributed by atoms with Crippen molar-refractivity contribution in [1.29, 1.82) is 0 Å². The van der Waals surface area contributed by atoms with Crippen LogP contribution in [0, 0.1) is 0 Å². The van der Waals surface area contributed by atoms with E-state index in [2.05, 4.69) is 31.0 Å². The van der Waals surface area contributed by atoms with E-state index in [1.807, 2.05) is 12.1 Å². The highest BCUT2D eigenvalue weighted by molar-refractivity contribution is 5.48. The molecule has 0 aromatic heterocycles. The van der Waals surface area contributed by atoms with E-state index in [0.717, 1.165) is 18.6 Å². The van der Waals surface area contributed by atoms with Crippen molar-refractivity contribution in [3.63, 3.8) is 0 Å². The van der Waals surface area contributed by atoms with Crippen molar-refractivity contribution in [3.05, 3.63) is 29.8 Å². The summed E-state index contributed by atoms with van der Waals surface area (Å²) in [4.78, 5) is 2.27. The first-order valence-electron chi connectivity index (χ1n) is 6.22. The van der Waals surface area contributed by atoms with E-state index in [1.54, 1.807) is 6.92 Å². The van der Waals surface area contributed by atoms with Crippen molar-refractivity contribution >= 4 is 5.69 Å². The van der Waals surface area contributed by atoms with Gasteiger partial charge in [0.25, 0.3) is 0 Å². The highest BCUT2D eigenvalue weighted by Crippen LogP contribution is 2.25. The fourth-order valence-electron chi connectivity index (χ4n) is 2.41. The van der Waals surface area contributed by atoms with Gasteiger partial charge >= 0.3 is 0 Å². The summed E-state index contributed by atoms with van der Waals surface area (Å²) >= 11 is 0. The van der Waals surface area contributed by atoms with Crippen molar-refractivity contribution in [2.75, 3.05) is 18.6 Å². The number of aliphatic hydroxyl groups is 1. The van der Waals surface area contributed by atoms with Crippen molar-refractivity contribution in [1.82, 2.24) is 0 Å². The highest BCUT2D eigenvalue weighted by Gasteiger charge is 2.27. The number of hydrogen-bond acceptors (Lipinski definition) is 3. The van der Waals surface area contributed by atoms with Gasteiger partial charge in [-0.25, -0.2) is 0 Å². The molecule has 1 aromatic rings. The molecule has 2 rings (SSSR count). The average molecular weight is 235 g/mol. The Balaban J connectivity index is 2.11. The van der Waals surface area contributed by atoms with E-state index < -0.39 is 6.10 Å². The van der Waals surface area contributed by atoms with Crippen molar-refractivity contribution in [2.45, 2.75) is 38.5 Å². The first-order valence-corrected chi connectivity index (χ1v) is 6.22. The lowest BCUT2D eigenvalue weighted by Gasteiger charge is -2.29. The number of rotatable bonds is 3. The van der Waals surface area contributed by atoms with E-state index >= 15 is 0 Å². The van der Waals surface area contributed by atoms with Crippen LogP contribution in [0.2, 0.25) is 0 Å². The van der Waals surface area contributed by atoms with Gasteiger partial charge in [-0.3, -0.25) is 0 Å². The number of likely N-dealkylation sites (N-methyl/N-ethyl adjacent to an activating group) is 1. The van der Waals surface area contributed by atoms with Gasteiger partial charge in [0.2, 0.25) is 0 Å². The minimum atomic E-state index is -0.400. The molecule has 3 atom stereocenters. The molecule has 0 aliphatic carbocycles. The number of anilines is 1. The number of benzene rings is 1. The van der Waals surface area contributed by atoms with Crippen LogP contribution in [0.15, 0.2) is 24.3 Å². The molecule has 1 aliphatic rings. The topological polar surface area (TPSA) is 32.7 Å². The molecule has 1 aromatic carbocycles. The van der Waals surface area contributed by atoms with Crippen LogP contribution in [0.3, 0.4) is 0 Å². The van der Waals surface area contributed by atoms with Gasteiger partial charge in [0.15, 0.2) is 0 Å². The second-order valence-corrected chi connectivity index (χ2v) is 4.81. The Hall–Kier alpha value is -1.06. The summed E-state index contributed by atoms with van der Waals surface area (Å²) in [6.07, 6.45) is 0.968. The van der Waals surface area contributed by atoms with Gasteiger partial charge in [0.05, 0.1) is 18.2 Å². The lowest BCUT2D eigenvalue weighted by Crippen LogP contribution is -2.36. The maximum Gasteiger partial charge on any atom is 0.0761 e. The van der Waals surface area contributed by atoms with Crippen LogP contribution < -0.4 is 4.90 Å². The van der Waals surface area contributed by atoms with E-state index in [1.165, 1.54) is 5.69 Å². The fourth-order valence-corrected chi connectivity index (χ4v) is 2.41. The normalized spacial score (nSPS) is 25.9. The maximum atomic E-state index is 9.47. The molecule has 3 nitrogen and oxygen atoms in total. The molecule has 1 aliphatic heterocycles. The van der Waals surface area contributed by atoms with Crippen LogP contribution in [0.1, 0.15) is 31.9 Å². The Kier molecular flexibility index (Phi) is 3.69. The summed E-state index contributed by atoms with van der Waals surface area (Å²) in [5.74, 6) is 0. The summed E-state index contributed by atoms with van der Waals surface area (Å²) in [6, 6.07) is 8.54. The molecule has 3 heteroatoms. The third kappa shape index (κ3) is 2.61. The smallest absolute Gasteiger partial charge is 0.0761 e. The molecular weight excluding hydrogens is 214 g/mol. The third-order valence-electron chi connectivity index (χ3n) is 3.62. The van der Waals surface area contributed by atoms with Crippen LogP contribution in [0.25, 0.3) is 0 Å². The fraction of sp³-hybridized carbons (Fsp3) is 0.571. The molecule has 0 radical (unpaired) electrons. The zero-order valence-electron chi connectivity index (χ0n) is 10.8. The first-order chi connectivity index (χ1) is 8.09. The van der Waals surface area contributed by atoms with Gasteiger partial charge in [-0.05, 0) is 38.0 Å². The zero-order valence-corrected chi connectivity index (χ0v) is 10.8. The lowest BCUT2D eigenvalue weighted by atomic mass is 10.1. The van der Waals surface area contributed by atoms with Crippen molar-refractivity contribution < 1.29 is 9.84 Å². The largest absolute Gasteiger partial charge is 0.389 e. The molecule has 0 amide bonds. The molecule has 1 fully saturated rings. The number of ether oxygens (including phenoxy) is 1. The zero-order chi connectivity index (χ0) is 12.4. The molecule has 0 saturated carbocycles. The number of nitrogens with zero attached hydrogens (tertiary/aromatic N) is 1. The summed E-state index contributed by atoms with van der Waals surface area (Å²) in [5.41, 5.74) is 2.13. The highest BCUT2D eigenvalue weighted by atomic mass is 16.5. The third-order valence-corrected chi connectivity index (χ3v) is 3.62. The summed E-state index contributed by atoms with van der Waals surface area (Å²) in [5, 5.41) is 9.47. The van der Waals surface area contributed by atoms with Crippen LogP contribution >= 0.6 is 0 Å². The molecule has 1 heterocycles. The molecule has 0 bridgehead atoms.